The van der Waals surface area contributed by atoms with E-state index in [0.717, 1.165) is 0 Å². The zero-order valence-corrected chi connectivity index (χ0v) is 7.30. The minimum atomic E-state index is 0. The van der Waals surface area contributed by atoms with Gasteiger partial charge in [-0.2, -0.15) is 24.3 Å². The van der Waals surface area contributed by atoms with Crippen molar-refractivity contribution in [2.45, 2.75) is 0 Å². The Labute approximate surface area is 74.2 Å². The normalized spacial score (nSPS) is 7.50. The molecule has 0 spiro atoms. The Bertz CT molecular complexity index is 138. The van der Waals surface area contributed by atoms with E-state index in [1.54, 1.807) is 12.1 Å². The summed E-state index contributed by atoms with van der Waals surface area (Å²) in [6.45, 7) is 0. The predicted molar refractivity (Wildman–Crippen MR) is 29.7 cm³/mol. The van der Waals surface area contributed by atoms with E-state index in [9.17, 15) is 0 Å². The van der Waals surface area contributed by atoms with Crippen molar-refractivity contribution in [3.05, 3.63) is 30.3 Å². The molecule has 39 valence electrons. The van der Waals surface area contributed by atoms with Crippen LogP contribution < -0.4 is 5.73 Å². The van der Waals surface area contributed by atoms with E-state index in [1.807, 2.05) is 12.1 Å². The van der Waals surface area contributed by atoms with Gasteiger partial charge >= 0.3 is 0 Å². The maximum atomic E-state index is 5.30. The van der Waals surface area contributed by atoms with E-state index in [-0.39, 0.29) is 32.7 Å². The Balaban J connectivity index is 0.000000490. The molecule has 0 aliphatic carbocycles. The van der Waals surface area contributed by atoms with Gasteiger partial charge in [-0.05, 0) is 0 Å². The summed E-state index contributed by atoms with van der Waals surface area (Å²) in [5.41, 5.74) is 6.00. The Morgan fingerprint density at radius 3 is 2.38 bits per heavy atom. The van der Waals surface area contributed by atoms with Crippen molar-refractivity contribution in [2.75, 3.05) is 5.73 Å². The molecule has 0 aliphatic rings. The van der Waals surface area contributed by atoms with E-state index in [1.165, 1.54) is 0 Å². The summed E-state index contributed by atoms with van der Waals surface area (Å²) in [7, 11) is 0. The quantitative estimate of drug-likeness (QED) is 0.470. The Morgan fingerprint density at radius 2 is 2.12 bits per heavy atom. The zero-order valence-electron chi connectivity index (χ0n) is 4.46. The van der Waals surface area contributed by atoms with Crippen LogP contribution in [0.15, 0.2) is 24.3 Å². The summed E-state index contributed by atoms with van der Waals surface area (Å²) < 4.78 is 0. The molecule has 0 bridgehead atoms. The van der Waals surface area contributed by atoms with Crippen LogP contribution >= 0.6 is 0 Å². The van der Waals surface area contributed by atoms with Gasteiger partial charge in [0.25, 0.3) is 0 Å². The topological polar surface area (TPSA) is 26.0 Å². The average molecular weight is 181 g/mol. The standard InChI is InChI=1S/C6H6N.Y/c7-6-4-2-1-3-5-6;/h1-4H,7H2;/q-1;. The molecule has 0 unspecified atom stereocenters. The third-order valence-corrected chi connectivity index (χ3v) is 0.733. The molecule has 0 heterocycles. The van der Waals surface area contributed by atoms with Crippen LogP contribution in [0.1, 0.15) is 0 Å². The van der Waals surface area contributed by atoms with Gasteiger partial charge in [0.2, 0.25) is 0 Å². The second kappa shape index (κ2) is 4.05. The summed E-state index contributed by atoms with van der Waals surface area (Å²) >= 11 is 0. The van der Waals surface area contributed by atoms with Crippen molar-refractivity contribution < 1.29 is 32.7 Å². The maximum Gasteiger partial charge on any atom is 0 e. The predicted octanol–water partition coefficient (Wildman–Crippen LogP) is 1.07. The van der Waals surface area contributed by atoms with Gasteiger partial charge in [0.05, 0.1) is 0 Å². The van der Waals surface area contributed by atoms with Gasteiger partial charge in [0.15, 0.2) is 0 Å². The van der Waals surface area contributed by atoms with Crippen molar-refractivity contribution >= 4 is 5.69 Å². The van der Waals surface area contributed by atoms with Crippen LogP contribution in [0, 0.1) is 6.07 Å². The molecule has 0 atom stereocenters. The number of hydrogen-bond donors (Lipinski definition) is 1. The van der Waals surface area contributed by atoms with Crippen LogP contribution in [-0.2, 0) is 32.7 Å². The van der Waals surface area contributed by atoms with Crippen LogP contribution in [0.4, 0.5) is 5.69 Å². The minimum Gasteiger partial charge on any atom is -0.420 e. The zero-order chi connectivity index (χ0) is 5.11. The van der Waals surface area contributed by atoms with Gasteiger partial charge in [-0.3, -0.25) is 0 Å². The second-order valence-electron chi connectivity index (χ2n) is 1.32. The molecule has 0 saturated carbocycles. The molecule has 1 nitrogen and oxygen atoms in total. The largest absolute Gasteiger partial charge is 0.420 e. The smallest absolute Gasteiger partial charge is 0 e. The molecule has 2 heteroatoms. The molecule has 0 saturated heterocycles. The summed E-state index contributed by atoms with van der Waals surface area (Å²) in [5, 5.41) is 0. The van der Waals surface area contributed by atoms with Crippen molar-refractivity contribution in [1.82, 2.24) is 0 Å². The number of para-hydroxylation sites is 1. The van der Waals surface area contributed by atoms with E-state index < -0.39 is 0 Å². The maximum absolute atomic E-state index is 5.30. The van der Waals surface area contributed by atoms with Gasteiger partial charge in [-0.1, -0.05) is 5.69 Å². The van der Waals surface area contributed by atoms with Crippen molar-refractivity contribution in [3.8, 4) is 0 Å². The van der Waals surface area contributed by atoms with Crippen molar-refractivity contribution in [1.29, 1.82) is 0 Å². The van der Waals surface area contributed by atoms with Gasteiger partial charge < -0.3 is 5.73 Å². The van der Waals surface area contributed by atoms with Crippen LogP contribution in [0.2, 0.25) is 0 Å². The first-order valence-corrected chi connectivity index (χ1v) is 2.12. The minimum absolute atomic E-state index is 0. The summed E-state index contributed by atoms with van der Waals surface area (Å²) in [6.07, 6.45) is 0. The Kier molecular flexibility index (Phi) is 4.11. The molecule has 1 rings (SSSR count). The summed E-state index contributed by atoms with van der Waals surface area (Å²) in [4.78, 5) is 0. The molecule has 1 aromatic carbocycles. The number of anilines is 1. The molecule has 0 aliphatic heterocycles. The van der Waals surface area contributed by atoms with E-state index in [2.05, 4.69) is 6.07 Å². The van der Waals surface area contributed by atoms with Crippen LogP contribution in [0.3, 0.4) is 0 Å². The van der Waals surface area contributed by atoms with Gasteiger partial charge in [0.1, 0.15) is 0 Å². The first kappa shape index (κ1) is 8.12. The number of nitrogen functional groups attached to an aromatic ring is 1. The number of hydrogen-bond acceptors (Lipinski definition) is 1. The van der Waals surface area contributed by atoms with Crippen LogP contribution in [0.25, 0.3) is 0 Å². The number of benzene rings is 1. The number of rotatable bonds is 0. The van der Waals surface area contributed by atoms with Gasteiger partial charge in [0, 0.05) is 32.7 Å². The van der Waals surface area contributed by atoms with E-state index in [4.69, 9.17) is 5.73 Å². The van der Waals surface area contributed by atoms with Crippen LogP contribution in [-0.4, -0.2) is 0 Å². The van der Waals surface area contributed by atoms with E-state index >= 15 is 0 Å². The first-order valence-electron chi connectivity index (χ1n) is 2.12. The fourth-order valence-corrected chi connectivity index (χ4v) is 0.407. The molecule has 1 radical (unpaired) electrons. The molecular weight excluding hydrogens is 175 g/mol. The number of nitrogens with two attached hydrogens (primary N) is 1. The third kappa shape index (κ3) is 2.44. The van der Waals surface area contributed by atoms with Crippen molar-refractivity contribution in [3.63, 3.8) is 0 Å². The van der Waals surface area contributed by atoms with Crippen LogP contribution in [0.5, 0.6) is 0 Å². The van der Waals surface area contributed by atoms with Gasteiger partial charge in [-0.15, -0.1) is 6.07 Å². The molecule has 0 amide bonds. The summed E-state index contributed by atoms with van der Waals surface area (Å²) in [5.74, 6) is 0. The third-order valence-electron chi connectivity index (χ3n) is 0.733. The first-order chi connectivity index (χ1) is 3.39. The molecule has 0 fully saturated rings. The van der Waals surface area contributed by atoms with Gasteiger partial charge in [-0.25, -0.2) is 0 Å². The Morgan fingerprint density at radius 1 is 1.38 bits per heavy atom. The molecule has 1 aromatic rings. The van der Waals surface area contributed by atoms with Crippen molar-refractivity contribution in [2.24, 2.45) is 0 Å². The fourth-order valence-electron chi connectivity index (χ4n) is 0.407. The molecule has 2 N–H and O–H groups in total. The summed E-state index contributed by atoms with van der Waals surface area (Å²) in [6, 6.07) is 10.2. The van der Waals surface area contributed by atoms with E-state index in [0.29, 0.717) is 5.69 Å². The molecule has 0 aromatic heterocycles. The average Bonchev–Trinajstić information content (AvgIpc) is 1.69. The monoisotopic (exact) mass is 181 g/mol. The fraction of sp³-hybridized carbons (Fsp3) is 0. The SMILES string of the molecule is Nc1[c-]cccc1.[Y]. The molecular formula is C6H6NY-. The molecule has 8 heavy (non-hydrogen) atoms. The second-order valence-corrected chi connectivity index (χ2v) is 1.32. The Hall–Kier alpha value is 0.124.